The predicted octanol–water partition coefficient (Wildman–Crippen LogP) is 19.6. The van der Waals surface area contributed by atoms with Crippen molar-refractivity contribution >= 4 is 115 Å². The molecule has 0 saturated carbocycles. The highest BCUT2D eigenvalue weighted by Crippen LogP contribution is 2.41. The molecule has 0 aliphatic carbocycles. The molecule has 10 aromatic carbocycles. The molecule has 5 aliphatic rings. The maximum atomic E-state index is 13.8. The molecule has 5 aliphatic heterocycles. The van der Waals surface area contributed by atoms with Crippen LogP contribution in [0.5, 0.6) is 40.2 Å². The van der Waals surface area contributed by atoms with Gasteiger partial charge in [-0.3, -0.25) is 24.0 Å². The second-order valence-electron chi connectivity index (χ2n) is 28.9. The quantitative estimate of drug-likeness (QED) is 0.0409. The Morgan fingerprint density at radius 1 is 0.305 bits per heavy atom. The number of fused-ring (bicyclic) bond motifs is 5. The highest BCUT2D eigenvalue weighted by Gasteiger charge is 2.25. The molecule has 5 amide bonds. The van der Waals surface area contributed by atoms with Crippen LogP contribution in [0, 0.1) is 17.5 Å². The van der Waals surface area contributed by atoms with Crippen LogP contribution in [0.25, 0.3) is 55.6 Å². The molecular weight excluding hydrogens is 1640 g/mol. The lowest BCUT2D eigenvalue weighted by Crippen LogP contribution is -2.35. The number of aromatic nitrogens is 5. The van der Waals surface area contributed by atoms with Crippen molar-refractivity contribution in [3.05, 3.63) is 321 Å². The number of hydrogen-bond acceptors (Lipinski definition) is 22. The van der Waals surface area contributed by atoms with Crippen LogP contribution in [0.15, 0.2) is 304 Å². The number of nitrogens with one attached hydrogen (secondary N) is 9. The van der Waals surface area contributed by atoms with Gasteiger partial charge in [0.1, 0.15) is 86.8 Å². The second kappa shape index (κ2) is 39.3. The van der Waals surface area contributed by atoms with Crippen molar-refractivity contribution in [3.63, 3.8) is 0 Å². The van der Waals surface area contributed by atoms with Crippen molar-refractivity contribution in [3.8, 4) is 95.9 Å². The lowest BCUT2D eigenvalue weighted by Gasteiger charge is -2.26. The van der Waals surface area contributed by atoms with Gasteiger partial charge in [0.15, 0.2) is 33.0 Å². The first-order valence-corrected chi connectivity index (χ1v) is 39.9. The number of likely N-dealkylation sites (N-methyl/N-ethyl adjacent to an activating group) is 1. The van der Waals surface area contributed by atoms with Gasteiger partial charge in [-0.1, -0.05) is 66.7 Å². The molecule has 10 heterocycles. The minimum atomic E-state index is -0.344. The number of pyridine rings is 5. The smallest absolute Gasteiger partial charge is 0.264 e. The third-order valence-corrected chi connectivity index (χ3v) is 20.0. The van der Waals surface area contributed by atoms with Gasteiger partial charge in [-0.15, -0.1) is 0 Å². The van der Waals surface area contributed by atoms with E-state index in [1.165, 1.54) is 30.3 Å². The summed E-state index contributed by atoms with van der Waals surface area (Å²) >= 11 is 0. The van der Waals surface area contributed by atoms with Crippen LogP contribution in [0.4, 0.5) is 99.1 Å². The highest BCUT2D eigenvalue weighted by molar-refractivity contribution is 6.00. The van der Waals surface area contributed by atoms with Crippen LogP contribution < -0.4 is 85.9 Å². The number of methoxy groups -OCH3 is 2. The fourth-order valence-electron chi connectivity index (χ4n) is 13.7. The monoisotopic (exact) mass is 1710 g/mol. The van der Waals surface area contributed by atoms with Crippen LogP contribution in [0.1, 0.15) is 0 Å². The summed E-state index contributed by atoms with van der Waals surface area (Å²) in [7, 11) is 4.97. The van der Waals surface area contributed by atoms with E-state index in [1.54, 1.807) is 99.6 Å². The maximum Gasteiger partial charge on any atom is 0.264 e. The fraction of sp³-hybridized carbons (Fsp3) is 0.0816. The first-order valence-electron chi connectivity index (χ1n) is 39.9. The molecule has 27 nitrogen and oxygen atoms in total. The number of rotatable bonds is 17. The normalized spacial score (nSPS) is 12.8. The van der Waals surface area contributed by atoms with Crippen LogP contribution >= 0.6 is 0 Å². The first-order chi connectivity index (χ1) is 62.4. The number of amides is 5. The maximum absolute atomic E-state index is 13.8. The van der Waals surface area contributed by atoms with Crippen molar-refractivity contribution < 1.29 is 70.3 Å². The van der Waals surface area contributed by atoms with E-state index in [9.17, 15) is 37.1 Å². The van der Waals surface area contributed by atoms with Crippen molar-refractivity contribution in [1.82, 2.24) is 24.9 Å². The summed E-state index contributed by atoms with van der Waals surface area (Å²) in [5.41, 5.74) is 16.3. The van der Waals surface area contributed by atoms with E-state index in [2.05, 4.69) is 72.8 Å². The average Bonchev–Trinajstić information content (AvgIpc) is 0.794. The zero-order valence-corrected chi connectivity index (χ0v) is 68.6. The van der Waals surface area contributed by atoms with Gasteiger partial charge >= 0.3 is 0 Å². The lowest BCUT2D eigenvalue weighted by molar-refractivity contribution is -0.121. The summed E-state index contributed by atoms with van der Waals surface area (Å²) < 4.78 is 77.7. The molecule has 638 valence electrons. The van der Waals surface area contributed by atoms with E-state index in [4.69, 9.17) is 33.2 Å². The molecule has 0 fully saturated rings. The van der Waals surface area contributed by atoms with E-state index in [1.807, 2.05) is 200 Å². The number of carbonyl (C=O) groups is 5. The Hall–Kier alpha value is -17.3. The molecule has 30 heteroatoms. The van der Waals surface area contributed by atoms with Crippen molar-refractivity contribution in [2.75, 3.05) is 107 Å². The largest absolute Gasteiger partial charge is 0.497 e. The number of ether oxygens (including phenoxy) is 7. The standard InChI is InChI=1S/C22H21N3O4.3C19H14FN3O2.C19H15N3O2/c1-25-19-8-14(4-5-20(19)29-13-22(25)26)15-6-7-23-21(9-15)24-16-10-17(27-2)12-18(11-16)28-3;20-14-2-4-15(5-3-14)22-18-10-13(7-8-21-18)12-1-6-17-16(9-12)23-19(24)11-25-17;20-14-2-1-3-15(10-14)22-18-9-13(6-7-21-18)12-4-5-17-16(8-12)23-19(24)11-25-17;20-14-3-1-2-4-15(14)22-18-10-13(7-8-21-18)12-5-6-17-16(9-12)23-19(24)11-25-17;23-19-12-24-17-7-6-13(10-16(17)22-19)14-8-9-20-18(11-14)21-15-4-2-1-3-5-15/h4-12H,13H2,1-3H3,(H,23,24);3*1-10H,11H2,(H,21,22)(H,23,24);1-11H,12H2,(H,20,21)(H,22,23). The van der Waals surface area contributed by atoms with E-state index in [0.29, 0.717) is 97.6 Å². The van der Waals surface area contributed by atoms with Gasteiger partial charge in [0, 0.05) is 79.0 Å². The Morgan fingerprint density at radius 2 is 0.648 bits per heavy atom. The molecular formula is C98H78F3N15O12. The van der Waals surface area contributed by atoms with Gasteiger partial charge < -0.3 is 85.9 Å². The molecule has 20 rings (SSSR count). The van der Waals surface area contributed by atoms with Crippen LogP contribution in [0.2, 0.25) is 0 Å². The molecule has 0 atom stereocenters. The van der Waals surface area contributed by atoms with E-state index in [-0.39, 0.29) is 80.0 Å². The van der Waals surface area contributed by atoms with Gasteiger partial charge in [0.25, 0.3) is 29.5 Å². The van der Waals surface area contributed by atoms with Crippen molar-refractivity contribution in [2.24, 2.45) is 0 Å². The number of nitrogens with zero attached hydrogens (tertiary/aromatic N) is 6. The summed E-state index contributed by atoms with van der Waals surface area (Å²) in [6.07, 6.45) is 8.50. The average molecular weight is 1710 g/mol. The highest BCUT2D eigenvalue weighted by atomic mass is 19.1. The lowest BCUT2D eigenvalue weighted by atomic mass is 10.0. The third-order valence-electron chi connectivity index (χ3n) is 20.0. The number of anilines is 15. The molecule has 15 aromatic rings. The molecule has 5 aromatic heterocycles. The number of para-hydroxylation sites is 2. The second-order valence-corrected chi connectivity index (χ2v) is 28.9. The Bertz CT molecular complexity index is 6640. The number of halogens is 3. The summed E-state index contributed by atoms with van der Waals surface area (Å²) in [5.74, 6) is 6.24. The summed E-state index contributed by atoms with van der Waals surface area (Å²) in [4.78, 5) is 81.0. The number of hydrogen-bond donors (Lipinski definition) is 9. The van der Waals surface area contributed by atoms with Gasteiger partial charge in [-0.25, -0.2) is 38.1 Å². The minimum Gasteiger partial charge on any atom is -0.497 e. The van der Waals surface area contributed by atoms with Crippen LogP contribution in [-0.2, 0) is 24.0 Å². The zero-order valence-electron chi connectivity index (χ0n) is 68.6. The molecule has 0 unspecified atom stereocenters. The topological polar surface area (TPSA) is 326 Å². The number of benzene rings is 10. The first kappa shape index (κ1) is 84.3. The van der Waals surface area contributed by atoms with E-state index >= 15 is 0 Å². The van der Waals surface area contributed by atoms with Crippen LogP contribution in [0.3, 0.4) is 0 Å². The molecule has 128 heavy (non-hydrogen) atoms. The zero-order chi connectivity index (χ0) is 88.4. The molecule has 9 N–H and O–H groups in total. The Morgan fingerprint density at radius 3 is 1.05 bits per heavy atom. The Kier molecular flexibility index (Phi) is 25.9. The van der Waals surface area contributed by atoms with E-state index < -0.39 is 0 Å². The fourth-order valence-corrected chi connectivity index (χ4v) is 13.7. The Balaban J connectivity index is 0.000000118. The van der Waals surface area contributed by atoms with Gasteiger partial charge in [-0.2, -0.15) is 0 Å². The van der Waals surface area contributed by atoms with E-state index in [0.717, 1.165) is 84.2 Å². The molecule has 0 saturated heterocycles. The Labute approximate surface area is 731 Å². The van der Waals surface area contributed by atoms with Crippen molar-refractivity contribution in [1.29, 1.82) is 0 Å². The molecule has 0 bridgehead atoms. The molecule has 0 radical (unpaired) electrons. The number of carbonyl (C=O) groups excluding carboxylic acids is 5. The predicted molar refractivity (Wildman–Crippen MR) is 485 cm³/mol. The summed E-state index contributed by atoms with van der Waals surface area (Å²) in [6, 6.07) is 81.4. The SMILES string of the molecule is COc1cc(Nc2cc(-c3ccc4c(c3)N(C)C(=O)CO4)ccn2)cc(OC)c1.O=C1COc2ccc(-c3ccnc(Nc4ccc(F)cc4)c3)cc2N1.O=C1COc2ccc(-c3ccnc(Nc4cccc(F)c4)c3)cc2N1.O=C1COc2ccc(-c3ccnc(Nc4ccccc4)c3)cc2N1.O=C1COc2ccc(-c3ccnc(Nc4ccccc4F)c3)cc2N1. The van der Waals surface area contributed by atoms with Crippen molar-refractivity contribution in [2.45, 2.75) is 0 Å². The van der Waals surface area contributed by atoms with Gasteiger partial charge in [0.05, 0.1) is 48.3 Å². The summed E-state index contributed by atoms with van der Waals surface area (Å²) in [5, 5.41) is 27.0. The molecule has 0 spiro atoms. The van der Waals surface area contributed by atoms with Gasteiger partial charge in [-0.05, 0) is 244 Å². The minimum absolute atomic E-state index is 0.0261. The van der Waals surface area contributed by atoms with Crippen LogP contribution in [-0.4, -0.2) is 109 Å². The third kappa shape index (κ3) is 21.6. The van der Waals surface area contributed by atoms with Gasteiger partial charge in [0.2, 0.25) is 0 Å². The summed E-state index contributed by atoms with van der Waals surface area (Å²) in [6.45, 7) is 0.220.